The Hall–Kier alpha value is -1.55. The molecule has 0 N–H and O–H groups in total. The van der Waals surface area contributed by atoms with E-state index in [1.807, 2.05) is 11.1 Å². The number of nitrogens with zero attached hydrogens (tertiary/aromatic N) is 2. The highest BCUT2D eigenvalue weighted by atomic mass is 16.6. The summed E-state index contributed by atoms with van der Waals surface area (Å²) in [6, 6.07) is 11.0. The van der Waals surface area contributed by atoms with Crippen molar-refractivity contribution in [2.24, 2.45) is 0 Å². The third kappa shape index (κ3) is 3.86. The second-order valence-electron chi connectivity index (χ2n) is 6.72. The molecule has 0 aromatic heterocycles. The van der Waals surface area contributed by atoms with Gasteiger partial charge in [-0.05, 0) is 31.2 Å². The predicted octanol–water partition coefficient (Wildman–Crippen LogP) is 4.01. The smallest absolute Gasteiger partial charge is 0.424 e. The van der Waals surface area contributed by atoms with Crippen LogP contribution in [0.3, 0.4) is 0 Å². The van der Waals surface area contributed by atoms with Crippen molar-refractivity contribution in [3.8, 4) is 0 Å². The zero-order valence-corrected chi connectivity index (χ0v) is 14.1. The van der Waals surface area contributed by atoms with E-state index in [2.05, 4.69) is 36.2 Å². The highest BCUT2D eigenvalue weighted by Crippen LogP contribution is 2.29. The zero-order chi connectivity index (χ0) is 16.1. The van der Waals surface area contributed by atoms with Gasteiger partial charge in [0.2, 0.25) is 0 Å². The topological polar surface area (TPSA) is 32.8 Å². The summed E-state index contributed by atoms with van der Waals surface area (Å²) in [5.41, 5.74) is 1.27. The van der Waals surface area contributed by atoms with E-state index in [0.717, 1.165) is 13.0 Å². The number of ether oxygens (including phenoxy) is 1. The first kappa shape index (κ1) is 16.3. The molecule has 1 aromatic carbocycles. The number of hydrazine groups is 1. The van der Waals surface area contributed by atoms with Crippen LogP contribution in [0.1, 0.15) is 51.0 Å². The van der Waals surface area contributed by atoms with E-state index in [9.17, 15) is 4.79 Å². The Kier molecular flexibility index (Phi) is 5.55. The van der Waals surface area contributed by atoms with Crippen molar-refractivity contribution in [2.75, 3.05) is 13.2 Å². The number of amides is 1. The van der Waals surface area contributed by atoms with Crippen molar-refractivity contribution >= 4 is 6.09 Å². The molecule has 1 amide bonds. The molecule has 2 aliphatic rings. The number of carbonyl (C=O) groups excluding carboxylic acids is 1. The molecule has 2 aliphatic heterocycles. The van der Waals surface area contributed by atoms with E-state index in [1.54, 1.807) is 0 Å². The Morgan fingerprint density at radius 2 is 2.00 bits per heavy atom. The van der Waals surface area contributed by atoms with Crippen LogP contribution in [0.2, 0.25) is 0 Å². The Balaban J connectivity index is 1.66. The molecule has 0 radical (unpaired) electrons. The number of benzene rings is 1. The monoisotopic (exact) mass is 316 g/mol. The summed E-state index contributed by atoms with van der Waals surface area (Å²) in [6.07, 6.45) is 8.06. The lowest BCUT2D eigenvalue weighted by atomic mass is 10.1. The van der Waals surface area contributed by atoms with Gasteiger partial charge in [-0.3, -0.25) is 0 Å². The highest BCUT2D eigenvalue weighted by molar-refractivity contribution is 5.69. The van der Waals surface area contributed by atoms with Crippen molar-refractivity contribution in [3.63, 3.8) is 0 Å². The first-order valence-electron chi connectivity index (χ1n) is 9.06. The normalized spacial score (nSPS) is 25.1. The first-order chi connectivity index (χ1) is 11.3. The molecule has 2 saturated heterocycles. The van der Waals surface area contributed by atoms with Crippen LogP contribution in [0.25, 0.3) is 0 Å². The summed E-state index contributed by atoms with van der Waals surface area (Å²) in [5.74, 6) is 0. The molecule has 4 heteroatoms. The Morgan fingerprint density at radius 1 is 1.17 bits per heavy atom. The van der Waals surface area contributed by atoms with Crippen LogP contribution in [-0.2, 0) is 11.2 Å². The van der Waals surface area contributed by atoms with Crippen LogP contribution in [0.15, 0.2) is 30.3 Å². The second kappa shape index (κ2) is 7.82. The van der Waals surface area contributed by atoms with E-state index in [1.165, 1.54) is 44.1 Å². The van der Waals surface area contributed by atoms with Crippen molar-refractivity contribution in [3.05, 3.63) is 35.9 Å². The highest BCUT2D eigenvalue weighted by Gasteiger charge is 2.41. The summed E-state index contributed by atoms with van der Waals surface area (Å²) in [4.78, 5) is 12.3. The molecule has 0 bridgehead atoms. The van der Waals surface area contributed by atoms with Gasteiger partial charge in [0.05, 0.1) is 6.04 Å². The average molecular weight is 316 g/mol. The van der Waals surface area contributed by atoms with Gasteiger partial charge in [-0.2, -0.15) is 0 Å². The largest absolute Gasteiger partial charge is 0.446 e. The molecular formula is C19H28N2O2. The second-order valence-corrected chi connectivity index (χ2v) is 6.72. The van der Waals surface area contributed by atoms with Crippen LogP contribution in [-0.4, -0.2) is 41.3 Å². The number of hydrogen-bond donors (Lipinski definition) is 0. The Bertz CT molecular complexity index is 505. The van der Waals surface area contributed by atoms with Gasteiger partial charge < -0.3 is 4.74 Å². The minimum absolute atomic E-state index is 0.136. The molecule has 1 aromatic rings. The molecule has 3 rings (SSSR count). The number of unbranched alkanes of at least 4 members (excludes halogenated alkanes) is 2. The van der Waals surface area contributed by atoms with Crippen LogP contribution in [0, 0.1) is 0 Å². The molecule has 2 unspecified atom stereocenters. The molecule has 0 saturated carbocycles. The molecule has 0 aliphatic carbocycles. The molecular weight excluding hydrogens is 288 g/mol. The third-order valence-corrected chi connectivity index (χ3v) is 5.01. The fraction of sp³-hybridized carbons (Fsp3) is 0.632. The van der Waals surface area contributed by atoms with E-state index in [4.69, 9.17) is 4.74 Å². The van der Waals surface area contributed by atoms with Gasteiger partial charge in [0.15, 0.2) is 0 Å². The molecule has 2 heterocycles. The molecule has 2 atom stereocenters. The molecule has 0 spiro atoms. The van der Waals surface area contributed by atoms with Gasteiger partial charge >= 0.3 is 6.09 Å². The van der Waals surface area contributed by atoms with Gasteiger partial charge in [-0.25, -0.2) is 14.8 Å². The number of carbonyl (C=O) groups is 1. The van der Waals surface area contributed by atoms with Crippen molar-refractivity contribution in [1.29, 1.82) is 0 Å². The van der Waals surface area contributed by atoms with Gasteiger partial charge in [0.1, 0.15) is 6.61 Å². The van der Waals surface area contributed by atoms with Gasteiger partial charge in [0, 0.05) is 12.6 Å². The minimum atomic E-state index is -0.159. The minimum Gasteiger partial charge on any atom is -0.446 e. The summed E-state index contributed by atoms with van der Waals surface area (Å²) in [6.45, 7) is 3.73. The van der Waals surface area contributed by atoms with Crippen LogP contribution < -0.4 is 0 Å². The van der Waals surface area contributed by atoms with Crippen LogP contribution in [0.5, 0.6) is 0 Å². The maximum atomic E-state index is 12.3. The lowest BCUT2D eigenvalue weighted by molar-refractivity contribution is -0.0158. The predicted molar refractivity (Wildman–Crippen MR) is 91.0 cm³/mol. The van der Waals surface area contributed by atoms with Gasteiger partial charge in [-0.1, -0.05) is 56.5 Å². The fourth-order valence-electron chi connectivity index (χ4n) is 3.83. The zero-order valence-electron chi connectivity index (χ0n) is 14.1. The van der Waals surface area contributed by atoms with Gasteiger partial charge in [-0.15, -0.1) is 0 Å². The number of hydrogen-bond acceptors (Lipinski definition) is 3. The van der Waals surface area contributed by atoms with Crippen LogP contribution >= 0.6 is 0 Å². The lowest BCUT2D eigenvalue weighted by Gasteiger charge is -2.35. The Morgan fingerprint density at radius 3 is 2.78 bits per heavy atom. The maximum Gasteiger partial charge on any atom is 0.424 e. The van der Waals surface area contributed by atoms with E-state index in [-0.39, 0.29) is 12.1 Å². The van der Waals surface area contributed by atoms with Crippen molar-refractivity contribution < 1.29 is 9.53 Å². The molecule has 23 heavy (non-hydrogen) atoms. The first-order valence-corrected chi connectivity index (χ1v) is 9.06. The molecule has 126 valence electrons. The SMILES string of the molecule is CCCCCC1CCCN1N1C(=O)OCC1Cc1ccccc1. The van der Waals surface area contributed by atoms with Crippen molar-refractivity contribution in [2.45, 2.75) is 64.0 Å². The summed E-state index contributed by atoms with van der Waals surface area (Å²) < 4.78 is 5.38. The van der Waals surface area contributed by atoms with E-state index < -0.39 is 0 Å². The summed E-state index contributed by atoms with van der Waals surface area (Å²) in [7, 11) is 0. The Labute approximate surface area is 139 Å². The van der Waals surface area contributed by atoms with E-state index in [0.29, 0.717) is 12.6 Å². The van der Waals surface area contributed by atoms with Crippen LogP contribution in [0.4, 0.5) is 4.79 Å². The average Bonchev–Trinajstić information content (AvgIpc) is 3.15. The quantitative estimate of drug-likeness (QED) is 0.713. The third-order valence-electron chi connectivity index (χ3n) is 5.01. The van der Waals surface area contributed by atoms with E-state index >= 15 is 0 Å². The number of cyclic esters (lactones) is 1. The van der Waals surface area contributed by atoms with Gasteiger partial charge in [0.25, 0.3) is 0 Å². The van der Waals surface area contributed by atoms with Crippen molar-refractivity contribution in [1.82, 2.24) is 10.0 Å². The lowest BCUT2D eigenvalue weighted by Crippen LogP contribution is -2.51. The maximum absolute atomic E-state index is 12.3. The fourth-order valence-corrected chi connectivity index (χ4v) is 3.83. The standard InChI is InChI=1S/C19H28N2O2/c1-2-3-5-11-17-12-8-13-20(17)21-18(15-23-19(21)22)14-16-9-6-4-7-10-16/h4,6-7,9-10,17-18H,2-3,5,8,11-15H2,1H3. The molecule has 2 fully saturated rings. The summed E-state index contributed by atoms with van der Waals surface area (Å²) >= 11 is 0. The number of rotatable bonds is 7. The summed E-state index contributed by atoms with van der Waals surface area (Å²) in [5, 5.41) is 4.23. The molecule has 4 nitrogen and oxygen atoms in total.